The number of aldehydes is 1. The van der Waals surface area contributed by atoms with Gasteiger partial charge in [0.1, 0.15) is 12.9 Å². The van der Waals surface area contributed by atoms with Crippen LogP contribution < -0.4 is 11.0 Å². The monoisotopic (exact) mass is 363 g/mol. The van der Waals surface area contributed by atoms with Crippen LogP contribution in [0, 0.1) is 0 Å². The lowest BCUT2D eigenvalue weighted by molar-refractivity contribution is -0.107. The molecule has 0 aliphatic rings. The Morgan fingerprint density at radius 2 is 1.74 bits per heavy atom. The van der Waals surface area contributed by atoms with Crippen molar-refractivity contribution in [2.24, 2.45) is 0 Å². The van der Waals surface area contributed by atoms with Crippen LogP contribution >= 0.6 is 0 Å². The van der Waals surface area contributed by atoms with E-state index in [4.69, 9.17) is 4.74 Å². The summed E-state index contributed by atoms with van der Waals surface area (Å²) in [7, 11) is 0. The number of benzene rings is 2. The molecule has 0 saturated heterocycles. The van der Waals surface area contributed by atoms with Crippen molar-refractivity contribution in [3.8, 4) is 11.4 Å². The normalized spacial score (nSPS) is 10.2. The Hall–Kier alpha value is -3.74. The van der Waals surface area contributed by atoms with E-state index in [9.17, 15) is 14.4 Å². The van der Waals surface area contributed by atoms with Gasteiger partial charge in [-0.2, -0.15) is 4.68 Å². The maximum Gasteiger partial charge on any atom is 0.426 e. The lowest BCUT2D eigenvalue weighted by Gasteiger charge is -2.14. The van der Waals surface area contributed by atoms with Crippen LogP contribution in [0.15, 0.2) is 71.5 Å². The second kappa shape index (κ2) is 8.57. The van der Waals surface area contributed by atoms with Crippen molar-refractivity contribution in [1.29, 1.82) is 0 Å². The van der Waals surface area contributed by atoms with Gasteiger partial charge in [-0.25, -0.2) is 15.2 Å². The van der Waals surface area contributed by atoms with E-state index in [1.54, 1.807) is 24.3 Å². The molecule has 0 spiro atoms. The molecule has 0 bridgehead atoms. The highest BCUT2D eigenvalue weighted by atomic mass is 16.6. The minimum Gasteiger partial charge on any atom is -0.443 e. The van der Waals surface area contributed by atoms with Crippen LogP contribution in [-0.2, 0) is 22.6 Å². The highest BCUT2D eigenvalue weighted by molar-refractivity contribution is 5.76. The fourth-order valence-electron chi connectivity index (χ4n) is 2.46. The van der Waals surface area contributed by atoms with Crippen molar-refractivity contribution in [3.63, 3.8) is 0 Å². The summed E-state index contributed by atoms with van der Waals surface area (Å²) in [4.78, 5) is 39.7. The van der Waals surface area contributed by atoms with E-state index in [-0.39, 0.29) is 18.9 Å². The molecule has 1 N–H and O–H groups in total. The van der Waals surface area contributed by atoms with Gasteiger partial charge in [-0.1, -0.05) is 60.7 Å². The van der Waals surface area contributed by atoms with Gasteiger partial charge in [0.2, 0.25) is 0 Å². The molecule has 3 rings (SSSR count). The molecule has 0 atom stereocenters. The number of aromatic nitrogens is 2. The third-order valence-corrected chi connectivity index (χ3v) is 3.71. The lowest BCUT2D eigenvalue weighted by Crippen LogP contribution is -2.35. The molecule has 2 aromatic carbocycles. The van der Waals surface area contributed by atoms with Gasteiger partial charge in [0, 0.05) is 18.1 Å². The van der Waals surface area contributed by atoms with Crippen molar-refractivity contribution in [2.45, 2.75) is 13.0 Å². The zero-order valence-corrected chi connectivity index (χ0v) is 14.4. The van der Waals surface area contributed by atoms with Crippen LogP contribution in [0.3, 0.4) is 0 Å². The number of amides is 1. The molecule has 7 nitrogen and oxygen atoms in total. The van der Waals surface area contributed by atoms with Crippen LogP contribution in [0.4, 0.5) is 4.79 Å². The Morgan fingerprint density at radius 1 is 1.07 bits per heavy atom. The van der Waals surface area contributed by atoms with Gasteiger partial charge in [-0.05, 0) is 5.56 Å². The molecule has 0 aliphatic carbocycles. The van der Waals surface area contributed by atoms with Crippen molar-refractivity contribution in [2.75, 3.05) is 5.43 Å². The Kier molecular flexibility index (Phi) is 5.73. The molecule has 0 radical (unpaired) electrons. The van der Waals surface area contributed by atoms with E-state index in [1.807, 2.05) is 36.4 Å². The maximum atomic E-state index is 12.5. The number of carbonyl (C=O) groups excluding carboxylic acids is 2. The Labute approximate surface area is 155 Å². The van der Waals surface area contributed by atoms with Crippen molar-refractivity contribution in [1.82, 2.24) is 9.66 Å². The van der Waals surface area contributed by atoms with E-state index in [0.29, 0.717) is 17.5 Å². The summed E-state index contributed by atoms with van der Waals surface area (Å²) in [6.07, 6.45) is -0.111. The smallest absolute Gasteiger partial charge is 0.426 e. The third kappa shape index (κ3) is 4.66. The Balaban J connectivity index is 1.86. The molecule has 0 aliphatic heterocycles. The van der Waals surface area contributed by atoms with Crippen molar-refractivity contribution >= 4 is 12.4 Å². The van der Waals surface area contributed by atoms with E-state index in [0.717, 1.165) is 10.2 Å². The molecular formula is C20H17N3O4. The fourth-order valence-corrected chi connectivity index (χ4v) is 2.46. The van der Waals surface area contributed by atoms with Crippen LogP contribution in [0.2, 0.25) is 0 Å². The predicted molar refractivity (Wildman–Crippen MR) is 99.7 cm³/mol. The number of nitrogens with one attached hydrogen (secondary N) is 1. The van der Waals surface area contributed by atoms with E-state index >= 15 is 0 Å². The number of nitrogens with zero attached hydrogens (tertiary/aromatic N) is 2. The maximum absolute atomic E-state index is 12.5. The van der Waals surface area contributed by atoms with Gasteiger partial charge >= 0.3 is 6.09 Å². The molecule has 0 saturated carbocycles. The molecule has 1 amide bonds. The van der Waals surface area contributed by atoms with Crippen LogP contribution in [0.25, 0.3) is 11.4 Å². The summed E-state index contributed by atoms with van der Waals surface area (Å²) in [6.45, 7) is 0.0682. The van der Waals surface area contributed by atoms with Crippen molar-refractivity contribution < 1.29 is 14.3 Å². The molecule has 3 aromatic rings. The largest absolute Gasteiger partial charge is 0.443 e. The first kappa shape index (κ1) is 18.1. The molecule has 1 aromatic heterocycles. The summed E-state index contributed by atoms with van der Waals surface area (Å²) >= 11 is 0. The first-order valence-corrected chi connectivity index (χ1v) is 8.27. The fraction of sp³-hybridized carbons (Fsp3) is 0.100. The van der Waals surface area contributed by atoms with E-state index < -0.39 is 11.7 Å². The van der Waals surface area contributed by atoms with Crippen LogP contribution in [0.1, 0.15) is 11.3 Å². The van der Waals surface area contributed by atoms with E-state index in [1.165, 1.54) is 6.07 Å². The number of hydrogen-bond donors (Lipinski definition) is 1. The topological polar surface area (TPSA) is 90.3 Å². The summed E-state index contributed by atoms with van der Waals surface area (Å²) in [5.41, 5.74) is 3.65. The minimum absolute atomic E-state index is 0.00830. The molecule has 27 heavy (non-hydrogen) atoms. The van der Waals surface area contributed by atoms with E-state index in [2.05, 4.69) is 10.4 Å². The average Bonchev–Trinajstić information content (AvgIpc) is 2.70. The molecule has 7 heteroatoms. The number of ether oxygens (including phenoxy) is 1. The van der Waals surface area contributed by atoms with Gasteiger partial charge in [-0.3, -0.25) is 4.79 Å². The summed E-state index contributed by atoms with van der Waals surface area (Å²) in [5, 5.41) is 0. The lowest BCUT2D eigenvalue weighted by atomic mass is 10.2. The first-order valence-electron chi connectivity index (χ1n) is 8.27. The van der Waals surface area contributed by atoms with Crippen LogP contribution in [0.5, 0.6) is 0 Å². The molecule has 0 fully saturated rings. The third-order valence-electron chi connectivity index (χ3n) is 3.71. The standard InChI is InChI=1S/C20H17N3O4/c24-12-11-17-13-18(25)23(19(21-17)16-9-5-2-6-10-16)22-20(26)27-14-15-7-3-1-4-8-15/h1-10,12-13H,11,14H2,(H,22,26). The average molecular weight is 363 g/mol. The minimum atomic E-state index is -0.789. The van der Waals surface area contributed by atoms with Crippen LogP contribution in [-0.4, -0.2) is 22.0 Å². The summed E-state index contributed by atoms with van der Waals surface area (Å²) in [6, 6.07) is 19.3. The Morgan fingerprint density at radius 3 is 2.41 bits per heavy atom. The molecule has 1 heterocycles. The van der Waals surface area contributed by atoms with Gasteiger partial charge in [0.05, 0.1) is 5.69 Å². The summed E-state index contributed by atoms with van der Waals surface area (Å²) < 4.78 is 6.17. The van der Waals surface area contributed by atoms with Gasteiger partial charge in [-0.15, -0.1) is 0 Å². The Bertz CT molecular complexity index is 985. The quantitative estimate of drug-likeness (QED) is 0.680. The summed E-state index contributed by atoms with van der Waals surface area (Å²) in [5.74, 6) is 0.219. The second-order valence-corrected chi connectivity index (χ2v) is 5.66. The first-order chi connectivity index (χ1) is 13.2. The zero-order chi connectivity index (χ0) is 19.1. The molecule has 0 unspecified atom stereocenters. The SMILES string of the molecule is O=CCc1cc(=O)n(NC(=O)OCc2ccccc2)c(-c2ccccc2)n1. The van der Waals surface area contributed by atoms with Gasteiger partial charge in [0.25, 0.3) is 5.56 Å². The van der Waals surface area contributed by atoms with Gasteiger partial charge < -0.3 is 9.53 Å². The molecule has 136 valence electrons. The highest BCUT2D eigenvalue weighted by Crippen LogP contribution is 2.15. The number of rotatable bonds is 6. The van der Waals surface area contributed by atoms with Gasteiger partial charge in [0.15, 0.2) is 5.82 Å². The predicted octanol–water partition coefficient (Wildman–Crippen LogP) is 2.53. The molecular weight excluding hydrogens is 346 g/mol. The second-order valence-electron chi connectivity index (χ2n) is 5.66. The number of carbonyl (C=O) groups is 2. The highest BCUT2D eigenvalue weighted by Gasteiger charge is 2.14. The number of hydrogen-bond acceptors (Lipinski definition) is 5. The van der Waals surface area contributed by atoms with Crippen molar-refractivity contribution in [3.05, 3.63) is 88.3 Å². The zero-order valence-electron chi connectivity index (χ0n) is 14.4.